The number of nitrogens with zero attached hydrogens (tertiary/aromatic N) is 3. The maximum atomic E-state index is 4.79. The third kappa shape index (κ3) is 3.22. The van der Waals surface area contributed by atoms with Gasteiger partial charge < -0.3 is 10.2 Å². The highest BCUT2D eigenvalue weighted by Gasteiger charge is 2.13. The molecule has 1 fully saturated rings. The van der Waals surface area contributed by atoms with Crippen molar-refractivity contribution in [2.24, 2.45) is 0 Å². The van der Waals surface area contributed by atoms with Crippen molar-refractivity contribution in [3.8, 4) is 11.3 Å². The quantitative estimate of drug-likeness (QED) is 0.919. The van der Waals surface area contributed by atoms with Crippen LogP contribution in [-0.2, 0) is 0 Å². The van der Waals surface area contributed by atoms with E-state index < -0.39 is 0 Å². The van der Waals surface area contributed by atoms with Gasteiger partial charge in [-0.3, -0.25) is 0 Å². The van der Waals surface area contributed by atoms with Crippen molar-refractivity contribution in [1.82, 2.24) is 15.3 Å². The summed E-state index contributed by atoms with van der Waals surface area (Å²) >= 11 is 0. The average Bonchev–Trinajstić information content (AvgIpc) is 2.76. The molecule has 1 aliphatic rings. The van der Waals surface area contributed by atoms with Gasteiger partial charge in [0, 0.05) is 31.4 Å². The van der Waals surface area contributed by atoms with Crippen molar-refractivity contribution in [2.75, 3.05) is 31.1 Å². The molecule has 0 unspecified atom stereocenters. The van der Waals surface area contributed by atoms with Crippen LogP contribution < -0.4 is 10.2 Å². The molecule has 21 heavy (non-hydrogen) atoms. The fourth-order valence-electron chi connectivity index (χ4n) is 2.80. The van der Waals surface area contributed by atoms with E-state index in [4.69, 9.17) is 4.98 Å². The molecular weight excluding hydrogens is 260 g/mol. The largest absolute Gasteiger partial charge is 0.339 e. The second-order valence-electron chi connectivity index (χ2n) is 5.65. The predicted molar refractivity (Wildman–Crippen MR) is 86.6 cm³/mol. The number of benzene rings is 1. The van der Waals surface area contributed by atoms with Gasteiger partial charge in [0.1, 0.15) is 0 Å². The first kappa shape index (κ1) is 14.0. The average molecular weight is 282 g/mol. The lowest BCUT2D eigenvalue weighted by atomic mass is 10.0. The first-order chi connectivity index (χ1) is 10.2. The summed E-state index contributed by atoms with van der Waals surface area (Å²) < 4.78 is 0. The Kier molecular flexibility index (Phi) is 4.15. The molecule has 2 heterocycles. The first-order valence-electron chi connectivity index (χ1n) is 7.60. The van der Waals surface area contributed by atoms with Crippen LogP contribution in [0.1, 0.15) is 17.5 Å². The van der Waals surface area contributed by atoms with Crippen LogP contribution in [0.15, 0.2) is 30.5 Å². The first-order valence-corrected chi connectivity index (χ1v) is 7.60. The van der Waals surface area contributed by atoms with Crippen LogP contribution in [-0.4, -0.2) is 36.1 Å². The van der Waals surface area contributed by atoms with Gasteiger partial charge in [-0.2, -0.15) is 0 Å². The Labute approximate surface area is 126 Å². The molecule has 4 heteroatoms. The van der Waals surface area contributed by atoms with Crippen molar-refractivity contribution >= 4 is 5.95 Å². The Balaban J connectivity index is 1.92. The fraction of sp³-hybridized carbons (Fsp3) is 0.412. The summed E-state index contributed by atoms with van der Waals surface area (Å²) in [5.74, 6) is 0.844. The zero-order valence-electron chi connectivity index (χ0n) is 12.8. The van der Waals surface area contributed by atoms with Gasteiger partial charge in [-0.05, 0) is 38.4 Å². The van der Waals surface area contributed by atoms with Gasteiger partial charge in [0.05, 0.1) is 5.69 Å². The van der Waals surface area contributed by atoms with Gasteiger partial charge in [-0.25, -0.2) is 9.97 Å². The number of hydrogen-bond donors (Lipinski definition) is 1. The third-order valence-corrected chi connectivity index (χ3v) is 3.92. The highest BCUT2D eigenvalue weighted by Crippen LogP contribution is 2.23. The van der Waals surface area contributed by atoms with Gasteiger partial charge in [-0.1, -0.05) is 23.8 Å². The Hall–Kier alpha value is -1.94. The van der Waals surface area contributed by atoms with E-state index in [0.717, 1.165) is 44.2 Å². The smallest absolute Gasteiger partial charge is 0.225 e. The molecule has 0 amide bonds. The number of aryl methyl sites for hydroxylation is 2. The zero-order chi connectivity index (χ0) is 14.7. The van der Waals surface area contributed by atoms with Crippen LogP contribution in [0.4, 0.5) is 5.95 Å². The molecule has 0 saturated carbocycles. The molecule has 0 atom stereocenters. The van der Waals surface area contributed by atoms with Crippen molar-refractivity contribution in [1.29, 1.82) is 0 Å². The fourth-order valence-corrected chi connectivity index (χ4v) is 2.80. The molecule has 2 aromatic rings. The minimum absolute atomic E-state index is 0.844. The highest BCUT2D eigenvalue weighted by atomic mass is 15.3. The molecule has 0 radical (unpaired) electrons. The van der Waals surface area contributed by atoms with E-state index in [1.807, 2.05) is 12.3 Å². The van der Waals surface area contributed by atoms with Crippen molar-refractivity contribution in [3.63, 3.8) is 0 Å². The molecule has 1 N–H and O–H groups in total. The number of anilines is 1. The van der Waals surface area contributed by atoms with Gasteiger partial charge >= 0.3 is 0 Å². The number of hydrogen-bond acceptors (Lipinski definition) is 4. The molecule has 1 aliphatic heterocycles. The molecule has 0 bridgehead atoms. The molecule has 4 nitrogen and oxygen atoms in total. The van der Waals surface area contributed by atoms with Crippen LogP contribution in [0.3, 0.4) is 0 Å². The molecule has 3 rings (SSSR count). The van der Waals surface area contributed by atoms with Crippen LogP contribution in [0.2, 0.25) is 0 Å². The number of nitrogens with one attached hydrogen (secondary N) is 1. The lowest BCUT2D eigenvalue weighted by molar-refractivity contribution is 0.724. The Morgan fingerprint density at radius 3 is 2.86 bits per heavy atom. The van der Waals surface area contributed by atoms with E-state index in [1.54, 1.807) is 0 Å². The molecule has 1 saturated heterocycles. The topological polar surface area (TPSA) is 41.1 Å². The van der Waals surface area contributed by atoms with Crippen LogP contribution >= 0.6 is 0 Å². The molecule has 110 valence electrons. The van der Waals surface area contributed by atoms with Gasteiger partial charge in [0.2, 0.25) is 5.95 Å². The molecule has 1 aromatic heterocycles. The summed E-state index contributed by atoms with van der Waals surface area (Å²) in [6, 6.07) is 8.49. The maximum Gasteiger partial charge on any atom is 0.225 e. The Bertz CT molecular complexity index is 616. The van der Waals surface area contributed by atoms with Crippen LogP contribution in [0.5, 0.6) is 0 Å². The number of aromatic nitrogens is 2. The zero-order valence-corrected chi connectivity index (χ0v) is 12.8. The van der Waals surface area contributed by atoms with E-state index in [1.165, 1.54) is 16.7 Å². The van der Waals surface area contributed by atoms with Crippen molar-refractivity contribution < 1.29 is 0 Å². The lowest BCUT2D eigenvalue weighted by Gasteiger charge is -2.20. The second-order valence-corrected chi connectivity index (χ2v) is 5.65. The number of rotatable bonds is 2. The monoisotopic (exact) mass is 282 g/mol. The second kappa shape index (κ2) is 6.22. The van der Waals surface area contributed by atoms with E-state index >= 15 is 0 Å². The molecule has 1 aromatic carbocycles. The van der Waals surface area contributed by atoms with E-state index in [0.29, 0.717) is 0 Å². The van der Waals surface area contributed by atoms with Crippen molar-refractivity contribution in [2.45, 2.75) is 20.3 Å². The summed E-state index contributed by atoms with van der Waals surface area (Å²) in [6.45, 7) is 8.32. The summed E-state index contributed by atoms with van der Waals surface area (Å²) in [4.78, 5) is 11.5. The van der Waals surface area contributed by atoms with Gasteiger partial charge in [-0.15, -0.1) is 0 Å². The summed E-state index contributed by atoms with van der Waals surface area (Å²) in [5, 5.41) is 3.41. The molecular formula is C17H22N4. The van der Waals surface area contributed by atoms with Crippen LogP contribution in [0, 0.1) is 13.8 Å². The maximum absolute atomic E-state index is 4.79. The molecule has 0 aliphatic carbocycles. The van der Waals surface area contributed by atoms with Gasteiger partial charge in [0.15, 0.2) is 0 Å². The summed E-state index contributed by atoms with van der Waals surface area (Å²) in [7, 11) is 0. The van der Waals surface area contributed by atoms with Crippen molar-refractivity contribution in [3.05, 3.63) is 41.6 Å². The SMILES string of the molecule is Cc1ccc(-c2ccnc(N3CCCNCC3)n2)c(C)c1. The minimum atomic E-state index is 0.844. The summed E-state index contributed by atoms with van der Waals surface area (Å²) in [5.41, 5.74) is 4.74. The van der Waals surface area contributed by atoms with E-state index in [9.17, 15) is 0 Å². The van der Waals surface area contributed by atoms with Crippen LogP contribution in [0.25, 0.3) is 11.3 Å². The Morgan fingerprint density at radius 2 is 2.00 bits per heavy atom. The third-order valence-electron chi connectivity index (χ3n) is 3.92. The summed E-state index contributed by atoms with van der Waals surface area (Å²) in [6.07, 6.45) is 3.01. The Morgan fingerprint density at radius 1 is 1.10 bits per heavy atom. The lowest BCUT2D eigenvalue weighted by Crippen LogP contribution is -2.29. The van der Waals surface area contributed by atoms with E-state index in [-0.39, 0.29) is 0 Å². The van der Waals surface area contributed by atoms with Gasteiger partial charge in [0.25, 0.3) is 0 Å². The normalized spacial score (nSPS) is 15.8. The minimum Gasteiger partial charge on any atom is -0.339 e. The highest BCUT2D eigenvalue weighted by molar-refractivity contribution is 5.64. The predicted octanol–water partition coefficient (Wildman–Crippen LogP) is 2.56. The van der Waals surface area contributed by atoms with E-state index in [2.05, 4.69) is 47.2 Å². The standard InChI is InChI=1S/C17H22N4/c1-13-4-5-15(14(2)12-13)16-6-8-19-17(20-16)21-10-3-7-18-9-11-21/h4-6,8,12,18H,3,7,9-11H2,1-2H3. The molecule has 0 spiro atoms.